The van der Waals surface area contributed by atoms with Gasteiger partial charge in [0.1, 0.15) is 0 Å². The number of fused-ring (bicyclic) bond motifs is 1. The van der Waals surface area contributed by atoms with Crippen molar-refractivity contribution in [2.24, 2.45) is 5.92 Å². The van der Waals surface area contributed by atoms with Crippen LogP contribution >= 0.6 is 0 Å². The quantitative estimate of drug-likeness (QED) is 0.752. The van der Waals surface area contributed by atoms with Crippen LogP contribution in [0.1, 0.15) is 24.6 Å². The summed E-state index contributed by atoms with van der Waals surface area (Å²) in [5.74, 6) is -0.944. The van der Waals surface area contributed by atoms with Gasteiger partial charge in [0.25, 0.3) is 0 Å². The summed E-state index contributed by atoms with van der Waals surface area (Å²) >= 11 is 0. The van der Waals surface area contributed by atoms with Gasteiger partial charge in [0.15, 0.2) is 0 Å². The van der Waals surface area contributed by atoms with Gasteiger partial charge in [-0.15, -0.1) is 0 Å². The molecule has 5 heteroatoms. The van der Waals surface area contributed by atoms with E-state index in [0.717, 1.165) is 23.1 Å². The molecule has 0 amide bonds. The van der Waals surface area contributed by atoms with E-state index in [-0.39, 0.29) is 12.0 Å². The molecule has 2 aromatic heterocycles. The molecule has 0 bridgehead atoms. The van der Waals surface area contributed by atoms with E-state index in [1.54, 1.807) is 6.20 Å². The second-order valence-electron chi connectivity index (χ2n) is 4.75. The predicted molar refractivity (Wildman–Crippen MR) is 67.2 cm³/mol. The second-order valence-corrected chi connectivity index (χ2v) is 4.75. The number of carbonyl (C=O) groups is 1. The number of carboxylic acids is 1. The molecule has 2 aromatic rings. The lowest BCUT2D eigenvalue weighted by atomic mass is 9.91. The van der Waals surface area contributed by atoms with Crippen LogP contribution in [0.15, 0.2) is 24.5 Å². The maximum Gasteiger partial charge on any atom is 0.306 e. The molecule has 5 nitrogen and oxygen atoms in total. The number of H-pyrrole nitrogens is 1. The molecule has 0 aromatic carbocycles. The third-order valence-electron chi connectivity index (χ3n) is 3.57. The van der Waals surface area contributed by atoms with E-state index in [1.807, 2.05) is 18.3 Å². The van der Waals surface area contributed by atoms with Crippen LogP contribution in [0.3, 0.4) is 0 Å². The lowest BCUT2D eigenvalue weighted by Gasteiger charge is -2.27. The molecule has 1 aliphatic heterocycles. The van der Waals surface area contributed by atoms with E-state index in [4.69, 9.17) is 5.11 Å². The van der Waals surface area contributed by atoms with Gasteiger partial charge in [-0.1, -0.05) is 0 Å². The summed E-state index contributed by atoms with van der Waals surface area (Å²) in [5.41, 5.74) is 2.09. The molecule has 1 aliphatic rings. The topological polar surface area (TPSA) is 78.0 Å². The summed E-state index contributed by atoms with van der Waals surface area (Å²) in [6.45, 7) is 0.745. The zero-order valence-corrected chi connectivity index (χ0v) is 9.89. The van der Waals surface area contributed by atoms with Crippen molar-refractivity contribution in [2.75, 3.05) is 6.54 Å². The van der Waals surface area contributed by atoms with Crippen molar-refractivity contribution >= 4 is 16.9 Å². The monoisotopic (exact) mass is 245 g/mol. The van der Waals surface area contributed by atoms with Crippen LogP contribution in [0, 0.1) is 5.92 Å². The molecule has 0 aliphatic carbocycles. The van der Waals surface area contributed by atoms with Crippen LogP contribution in [-0.4, -0.2) is 27.6 Å². The van der Waals surface area contributed by atoms with Gasteiger partial charge in [-0.05, 0) is 31.5 Å². The zero-order chi connectivity index (χ0) is 12.5. The van der Waals surface area contributed by atoms with Crippen molar-refractivity contribution in [3.63, 3.8) is 0 Å². The first-order chi connectivity index (χ1) is 8.74. The maximum absolute atomic E-state index is 11.1. The fraction of sp³-hybridized carbons (Fsp3) is 0.385. The number of rotatable bonds is 2. The molecule has 3 N–H and O–H groups in total. The molecule has 3 heterocycles. The minimum Gasteiger partial charge on any atom is -0.481 e. The van der Waals surface area contributed by atoms with Crippen LogP contribution in [0.2, 0.25) is 0 Å². The molecule has 3 rings (SSSR count). The Morgan fingerprint density at radius 2 is 2.39 bits per heavy atom. The molecule has 1 fully saturated rings. The Kier molecular flexibility index (Phi) is 2.76. The fourth-order valence-corrected chi connectivity index (χ4v) is 2.56. The normalized spacial score (nSPS) is 24.2. The standard InChI is InChI=1S/C13H15N3O2/c17-13(18)8-1-4-15-11(5-8)12-6-9-7-14-3-2-10(9)16-12/h2-3,6-8,11,15-16H,1,4-5H2,(H,17,18). The van der Waals surface area contributed by atoms with Crippen LogP contribution in [0.25, 0.3) is 10.9 Å². The number of piperidine rings is 1. The van der Waals surface area contributed by atoms with E-state index in [0.29, 0.717) is 12.8 Å². The van der Waals surface area contributed by atoms with Crippen LogP contribution in [0.4, 0.5) is 0 Å². The van der Waals surface area contributed by atoms with Gasteiger partial charge >= 0.3 is 5.97 Å². The summed E-state index contributed by atoms with van der Waals surface area (Å²) in [5, 5.41) is 13.5. The lowest BCUT2D eigenvalue weighted by Crippen LogP contribution is -2.35. The average Bonchev–Trinajstić information content (AvgIpc) is 2.82. The van der Waals surface area contributed by atoms with Crippen molar-refractivity contribution < 1.29 is 9.90 Å². The Morgan fingerprint density at radius 3 is 3.17 bits per heavy atom. The number of pyridine rings is 1. The SMILES string of the molecule is O=C(O)C1CCNC(c2cc3cnccc3[nH]2)C1. The van der Waals surface area contributed by atoms with Gasteiger partial charge in [0, 0.05) is 35.0 Å². The number of carboxylic acid groups (broad SMARTS) is 1. The Bertz CT molecular complexity index is 545. The maximum atomic E-state index is 11.1. The van der Waals surface area contributed by atoms with E-state index in [9.17, 15) is 4.79 Å². The van der Waals surface area contributed by atoms with E-state index in [1.165, 1.54) is 0 Å². The average molecular weight is 245 g/mol. The highest BCUT2D eigenvalue weighted by Gasteiger charge is 2.28. The highest BCUT2D eigenvalue weighted by molar-refractivity contribution is 5.79. The van der Waals surface area contributed by atoms with Crippen molar-refractivity contribution in [3.8, 4) is 0 Å². The molecule has 94 valence electrons. The van der Waals surface area contributed by atoms with E-state index in [2.05, 4.69) is 15.3 Å². The van der Waals surface area contributed by atoms with Crippen LogP contribution < -0.4 is 5.32 Å². The Hall–Kier alpha value is -1.88. The number of hydrogen-bond donors (Lipinski definition) is 3. The number of aliphatic carboxylic acids is 1. The predicted octanol–water partition coefficient (Wildman–Crippen LogP) is 1.69. The van der Waals surface area contributed by atoms with Crippen LogP contribution in [-0.2, 0) is 4.79 Å². The minimum atomic E-state index is -0.695. The van der Waals surface area contributed by atoms with Crippen molar-refractivity contribution in [1.29, 1.82) is 0 Å². The van der Waals surface area contributed by atoms with Gasteiger partial charge in [0.2, 0.25) is 0 Å². The molecule has 0 spiro atoms. The summed E-state index contributed by atoms with van der Waals surface area (Å²) in [4.78, 5) is 18.5. The van der Waals surface area contributed by atoms with Gasteiger partial charge in [-0.25, -0.2) is 0 Å². The zero-order valence-electron chi connectivity index (χ0n) is 9.89. The number of nitrogens with one attached hydrogen (secondary N) is 2. The van der Waals surface area contributed by atoms with Gasteiger partial charge in [-0.3, -0.25) is 9.78 Å². The van der Waals surface area contributed by atoms with E-state index < -0.39 is 5.97 Å². The first kappa shape index (κ1) is 11.2. The van der Waals surface area contributed by atoms with Gasteiger partial charge in [0.05, 0.1) is 5.92 Å². The summed E-state index contributed by atoms with van der Waals surface area (Å²) in [6, 6.07) is 4.06. The fourth-order valence-electron chi connectivity index (χ4n) is 2.56. The third-order valence-corrected chi connectivity index (χ3v) is 3.57. The molecule has 0 saturated carbocycles. The highest BCUT2D eigenvalue weighted by Crippen LogP contribution is 2.28. The Labute approximate surface area is 104 Å². The lowest BCUT2D eigenvalue weighted by molar-refractivity contribution is -0.143. The molecule has 0 radical (unpaired) electrons. The molecule has 1 saturated heterocycles. The number of hydrogen-bond acceptors (Lipinski definition) is 3. The van der Waals surface area contributed by atoms with Gasteiger partial charge < -0.3 is 15.4 Å². The molecular weight excluding hydrogens is 230 g/mol. The second kappa shape index (κ2) is 4.42. The first-order valence-electron chi connectivity index (χ1n) is 6.13. The summed E-state index contributed by atoms with van der Waals surface area (Å²) < 4.78 is 0. The molecule has 2 unspecified atom stereocenters. The van der Waals surface area contributed by atoms with Crippen molar-refractivity contribution in [3.05, 3.63) is 30.2 Å². The van der Waals surface area contributed by atoms with Crippen molar-refractivity contribution in [2.45, 2.75) is 18.9 Å². The molecular formula is C13H15N3O2. The minimum absolute atomic E-state index is 0.0900. The summed E-state index contributed by atoms with van der Waals surface area (Å²) in [7, 11) is 0. The van der Waals surface area contributed by atoms with Gasteiger partial charge in [-0.2, -0.15) is 0 Å². The largest absolute Gasteiger partial charge is 0.481 e. The Morgan fingerprint density at radius 1 is 1.50 bits per heavy atom. The number of nitrogens with zero attached hydrogens (tertiary/aromatic N) is 1. The molecule has 2 atom stereocenters. The smallest absolute Gasteiger partial charge is 0.306 e. The highest BCUT2D eigenvalue weighted by atomic mass is 16.4. The van der Waals surface area contributed by atoms with E-state index >= 15 is 0 Å². The summed E-state index contributed by atoms with van der Waals surface area (Å²) in [6.07, 6.45) is 4.90. The molecule has 18 heavy (non-hydrogen) atoms. The number of aromatic amines is 1. The Balaban J connectivity index is 1.87. The first-order valence-corrected chi connectivity index (χ1v) is 6.13. The van der Waals surface area contributed by atoms with Crippen molar-refractivity contribution in [1.82, 2.24) is 15.3 Å². The third kappa shape index (κ3) is 1.97. The van der Waals surface area contributed by atoms with Crippen LogP contribution in [0.5, 0.6) is 0 Å². The number of aromatic nitrogens is 2.